The number of allylic oxidation sites excluding steroid dienone is 2. The molecule has 0 radical (unpaired) electrons. The van der Waals surface area contributed by atoms with Crippen LogP contribution in [0.25, 0.3) is 0 Å². The minimum atomic E-state index is -0.606. The molecular weight excluding hydrogens is 443 g/mol. The van der Waals surface area contributed by atoms with Crippen LogP contribution in [0, 0.1) is 11.2 Å². The lowest BCUT2D eigenvalue weighted by molar-refractivity contribution is -0.144. The molecule has 5 rings (SSSR count). The van der Waals surface area contributed by atoms with E-state index in [1.54, 1.807) is 28.1 Å². The lowest BCUT2D eigenvalue weighted by Gasteiger charge is -2.59. The van der Waals surface area contributed by atoms with Crippen LogP contribution in [0.1, 0.15) is 24.4 Å². The normalized spacial score (nSPS) is 23.3. The summed E-state index contributed by atoms with van der Waals surface area (Å²) in [6, 6.07) is 13.1. The monoisotopic (exact) mass is 466 g/mol. The van der Waals surface area contributed by atoms with Gasteiger partial charge in [0.1, 0.15) is 12.0 Å². The van der Waals surface area contributed by atoms with Gasteiger partial charge in [0, 0.05) is 23.8 Å². The number of carbonyl (C=O) groups is 2. The Morgan fingerprint density at radius 1 is 1.06 bits per heavy atom. The van der Waals surface area contributed by atoms with Crippen LogP contribution in [0.15, 0.2) is 73.0 Å². The van der Waals surface area contributed by atoms with Crippen LogP contribution >= 0.6 is 11.6 Å². The third-order valence-corrected chi connectivity index (χ3v) is 6.98. The van der Waals surface area contributed by atoms with E-state index >= 15 is 0 Å². The van der Waals surface area contributed by atoms with Gasteiger partial charge < -0.3 is 20.4 Å². The quantitative estimate of drug-likeness (QED) is 0.661. The van der Waals surface area contributed by atoms with Crippen LogP contribution in [-0.4, -0.2) is 36.1 Å². The molecule has 6 nitrogen and oxygen atoms in total. The van der Waals surface area contributed by atoms with Crippen LogP contribution in [0.4, 0.5) is 14.9 Å². The molecular formula is C25H24ClFN4O2. The zero-order valence-corrected chi connectivity index (χ0v) is 18.6. The van der Waals surface area contributed by atoms with Crippen LogP contribution in [0.3, 0.4) is 0 Å². The molecule has 170 valence electrons. The van der Waals surface area contributed by atoms with E-state index in [1.807, 2.05) is 42.5 Å². The molecule has 2 aromatic carbocycles. The van der Waals surface area contributed by atoms with Crippen molar-refractivity contribution in [3.05, 3.63) is 89.4 Å². The molecule has 0 saturated carbocycles. The summed E-state index contributed by atoms with van der Waals surface area (Å²) in [6.45, 7) is 0.955. The van der Waals surface area contributed by atoms with Gasteiger partial charge in [0.25, 0.3) is 0 Å². The Bertz CT molecular complexity index is 1110. The van der Waals surface area contributed by atoms with Gasteiger partial charge >= 0.3 is 6.03 Å². The van der Waals surface area contributed by atoms with Gasteiger partial charge in [0.2, 0.25) is 5.91 Å². The number of nitrogens with zero attached hydrogens (tertiary/aromatic N) is 2. The maximum Gasteiger partial charge on any atom is 0.319 e. The van der Waals surface area contributed by atoms with Crippen molar-refractivity contribution in [3.63, 3.8) is 0 Å². The molecule has 3 amide bonds. The summed E-state index contributed by atoms with van der Waals surface area (Å²) in [6.07, 6.45) is 8.25. The number of amides is 3. The van der Waals surface area contributed by atoms with Gasteiger partial charge in [0.15, 0.2) is 0 Å². The van der Waals surface area contributed by atoms with Crippen LogP contribution < -0.4 is 15.5 Å². The van der Waals surface area contributed by atoms with E-state index in [2.05, 4.69) is 10.6 Å². The molecule has 1 spiro atoms. The molecule has 2 N–H and O–H groups in total. The van der Waals surface area contributed by atoms with E-state index in [0.29, 0.717) is 36.6 Å². The molecule has 2 fully saturated rings. The minimum absolute atomic E-state index is 0.0103. The Kier molecular flexibility index (Phi) is 5.58. The third-order valence-electron chi connectivity index (χ3n) is 6.73. The number of hydrogen-bond acceptors (Lipinski definition) is 3. The van der Waals surface area contributed by atoms with Crippen LogP contribution in [0.5, 0.6) is 0 Å². The number of hydrogen-bond donors (Lipinski definition) is 2. The lowest BCUT2D eigenvalue weighted by Crippen LogP contribution is -2.67. The van der Waals surface area contributed by atoms with Crippen molar-refractivity contribution in [1.82, 2.24) is 15.5 Å². The number of anilines is 1. The second kappa shape index (κ2) is 8.56. The van der Waals surface area contributed by atoms with Crippen molar-refractivity contribution >= 4 is 29.2 Å². The number of urea groups is 1. The SMILES string of the molecule is O=C(NC1C=CC=CN1)N1CCC2(CC1)C(=O)N(c1ccc(F)cc1)C2c1ccc(Cl)cc1. The largest absolute Gasteiger partial charge is 0.368 e. The molecule has 2 aromatic rings. The van der Waals surface area contributed by atoms with Crippen molar-refractivity contribution < 1.29 is 14.0 Å². The highest BCUT2D eigenvalue weighted by molar-refractivity contribution is 6.30. The molecule has 2 saturated heterocycles. The Balaban J connectivity index is 1.36. The van der Waals surface area contributed by atoms with Gasteiger partial charge in [-0.15, -0.1) is 0 Å². The van der Waals surface area contributed by atoms with Gasteiger partial charge in [0.05, 0.1) is 11.5 Å². The fourth-order valence-corrected chi connectivity index (χ4v) is 5.12. The molecule has 3 aliphatic rings. The zero-order chi connectivity index (χ0) is 23.0. The minimum Gasteiger partial charge on any atom is -0.368 e. The van der Waals surface area contributed by atoms with Gasteiger partial charge in [-0.1, -0.05) is 29.8 Å². The predicted molar refractivity (Wildman–Crippen MR) is 125 cm³/mol. The molecule has 8 heteroatoms. The number of benzene rings is 2. The molecule has 0 bridgehead atoms. The van der Waals surface area contributed by atoms with Crippen molar-refractivity contribution in [2.24, 2.45) is 5.41 Å². The average molecular weight is 467 g/mol. The van der Waals surface area contributed by atoms with Crippen molar-refractivity contribution in [2.45, 2.75) is 25.0 Å². The molecule has 33 heavy (non-hydrogen) atoms. The average Bonchev–Trinajstić information content (AvgIpc) is 2.84. The Hall–Kier alpha value is -3.32. The topological polar surface area (TPSA) is 64.7 Å². The first-order valence-corrected chi connectivity index (χ1v) is 11.4. The summed E-state index contributed by atoms with van der Waals surface area (Å²) in [5.41, 5.74) is 1.03. The molecule has 2 unspecified atom stereocenters. The summed E-state index contributed by atoms with van der Waals surface area (Å²) in [7, 11) is 0. The first-order valence-electron chi connectivity index (χ1n) is 11.0. The van der Waals surface area contributed by atoms with Crippen molar-refractivity contribution in [2.75, 3.05) is 18.0 Å². The fraction of sp³-hybridized carbons (Fsp3) is 0.280. The van der Waals surface area contributed by atoms with Gasteiger partial charge in [-0.3, -0.25) is 4.79 Å². The first-order chi connectivity index (χ1) is 16.0. The van der Waals surface area contributed by atoms with Crippen molar-refractivity contribution in [3.8, 4) is 0 Å². The molecule has 0 aliphatic carbocycles. The van der Waals surface area contributed by atoms with E-state index in [0.717, 1.165) is 5.56 Å². The number of dihydropyridines is 1. The highest BCUT2D eigenvalue weighted by atomic mass is 35.5. The highest BCUT2D eigenvalue weighted by Gasteiger charge is 2.62. The summed E-state index contributed by atoms with van der Waals surface area (Å²) < 4.78 is 13.5. The lowest BCUT2D eigenvalue weighted by atomic mass is 9.62. The Morgan fingerprint density at radius 3 is 2.39 bits per heavy atom. The Morgan fingerprint density at radius 2 is 1.76 bits per heavy atom. The van der Waals surface area contributed by atoms with Crippen molar-refractivity contribution in [1.29, 1.82) is 0 Å². The second-order valence-electron chi connectivity index (χ2n) is 8.59. The number of rotatable bonds is 3. The Labute approximate surface area is 196 Å². The summed E-state index contributed by atoms with van der Waals surface area (Å²) in [5.74, 6) is -0.335. The molecule has 3 heterocycles. The number of nitrogens with one attached hydrogen (secondary N) is 2. The predicted octanol–water partition coefficient (Wildman–Crippen LogP) is 4.36. The van der Waals surface area contributed by atoms with E-state index in [1.165, 1.54) is 12.1 Å². The number of carbonyl (C=O) groups excluding carboxylic acids is 2. The van der Waals surface area contributed by atoms with E-state index in [9.17, 15) is 14.0 Å². The number of piperidine rings is 1. The second-order valence-corrected chi connectivity index (χ2v) is 9.02. The van der Waals surface area contributed by atoms with Gasteiger partial charge in [-0.2, -0.15) is 0 Å². The maximum absolute atomic E-state index is 13.5. The first kappa shape index (κ1) is 21.5. The molecule has 3 aliphatic heterocycles. The zero-order valence-electron chi connectivity index (χ0n) is 17.9. The smallest absolute Gasteiger partial charge is 0.319 e. The maximum atomic E-state index is 13.5. The van der Waals surface area contributed by atoms with Gasteiger partial charge in [-0.05, 0) is 73.2 Å². The van der Waals surface area contributed by atoms with E-state index in [4.69, 9.17) is 11.6 Å². The molecule has 2 atom stereocenters. The van der Waals surface area contributed by atoms with E-state index < -0.39 is 5.41 Å². The highest BCUT2D eigenvalue weighted by Crippen LogP contribution is 2.57. The standard InChI is InChI=1S/C25H24ClFN4O2/c26-18-6-4-17(5-7-18)22-25(23(32)31(22)20-10-8-19(27)9-11-20)12-15-30(16-13-25)24(33)29-21-3-1-2-14-28-21/h1-11,14,21-22,28H,12-13,15-16H2,(H,29,33). The summed E-state index contributed by atoms with van der Waals surface area (Å²) in [4.78, 5) is 29.8. The van der Waals surface area contributed by atoms with Crippen LogP contribution in [0.2, 0.25) is 5.02 Å². The number of β-lactam (4-membered cyclic amide) rings is 1. The summed E-state index contributed by atoms with van der Waals surface area (Å²) >= 11 is 6.10. The number of halogens is 2. The van der Waals surface area contributed by atoms with Crippen LogP contribution in [-0.2, 0) is 4.79 Å². The third kappa shape index (κ3) is 3.86. The molecule has 0 aromatic heterocycles. The summed E-state index contributed by atoms with van der Waals surface area (Å²) in [5, 5.41) is 6.64. The van der Waals surface area contributed by atoms with E-state index in [-0.39, 0.29) is 30.0 Å². The van der Waals surface area contributed by atoms with Gasteiger partial charge in [-0.25, -0.2) is 9.18 Å². The fourth-order valence-electron chi connectivity index (χ4n) is 4.99. The number of likely N-dealkylation sites (tertiary alicyclic amines) is 1.